The van der Waals surface area contributed by atoms with Crippen LogP contribution in [0, 0.1) is 6.92 Å². The van der Waals surface area contributed by atoms with Crippen molar-refractivity contribution in [2.24, 2.45) is 0 Å². The minimum absolute atomic E-state index is 0.0531. The van der Waals surface area contributed by atoms with Crippen molar-refractivity contribution in [3.05, 3.63) is 80.5 Å². The van der Waals surface area contributed by atoms with E-state index in [1.807, 2.05) is 39.0 Å². The second-order valence-electron chi connectivity index (χ2n) is 10.6. The summed E-state index contributed by atoms with van der Waals surface area (Å²) in [6, 6.07) is 12.5. The van der Waals surface area contributed by atoms with Gasteiger partial charge in [0, 0.05) is 18.1 Å². The summed E-state index contributed by atoms with van der Waals surface area (Å²) in [5.74, 6) is -0.304. The smallest absolute Gasteiger partial charge is 0.410 e. The SMILES string of the molecule is CCOC(=O)c1nn(-c2cccc(Cl)c2)c2c(=O)n(-c3ccc4c(c3)CN(C(=O)OC(C)(C)C)CC4)c(C)nc12. The topological polar surface area (TPSA) is 109 Å². The molecule has 11 heteroatoms. The number of benzene rings is 2. The van der Waals surface area contributed by atoms with E-state index in [2.05, 4.69) is 10.1 Å². The van der Waals surface area contributed by atoms with E-state index in [9.17, 15) is 14.4 Å². The maximum absolute atomic E-state index is 14.1. The van der Waals surface area contributed by atoms with Gasteiger partial charge in [-0.3, -0.25) is 9.36 Å². The van der Waals surface area contributed by atoms with Crippen molar-refractivity contribution in [1.82, 2.24) is 24.2 Å². The quantitative estimate of drug-likeness (QED) is 0.321. The Morgan fingerprint density at radius 1 is 1.07 bits per heavy atom. The Bertz CT molecular complexity index is 1700. The van der Waals surface area contributed by atoms with Gasteiger partial charge in [-0.25, -0.2) is 19.3 Å². The third-order valence-electron chi connectivity index (χ3n) is 6.50. The summed E-state index contributed by atoms with van der Waals surface area (Å²) in [7, 11) is 0. The van der Waals surface area contributed by atoms with E-state index in [-0.39, 0.29) is 29.4 Å². The maximum atomic E-state index is 14.1. The first-order valence-corrected chi connectivity index (χ1v) is 13.4. The summed E-state index contributed by atoms with van der Waals surface area (Å²) in [5.41, 5.74) is 2.29. The van der Waals surface area contributed by atoms with Gasteiger partial charge in [0.05, 0.1) is 18.0 Å². The number of amides is 1. The Kier molecular flexibility index (Phi) is 7.14. The van der Waals surface area contributed by atoms with Gasteiger partial charge in [-0.05, 0) is 82.5 Å². The second kappa shape index (κ2) is 10.4. The zero-order chi connectivity index (χ0) is 28.8. The van der Waals surface area contributed by atoms with Crippen LogP contribution in [0.25, 0.3) is 22.4 Å². The predicted molar refractivity (Wildman–Crippen MR) is 151 cm³/mol. The Balaban J connectivity index is 1.64. The zero-order valence-electron chi connectivity index (χ0n) is 23.0. The number of rotatable bonds is 4. The molecular formula is C29H30ClN5O5. The van der Waals surface area contributed by atoms with Gasteiger partial charge in [0.25, 0.3) is 5.56 Å². The van der Waals surface area contributed by atoms with E-state index in [0.717, 1.165) is 11.1 Å². The fourth-order valence-electron chi connectivity index (χ4n) is 4.77. The van der Waals surface area contributed by atoms with Crippen molar-refractivity contribution >= 4 is 34.7 Å². The molecule has 2 aromatic carbocycles. The van der Waals surface area contributed by atoms with Crippen molar-refractivity contribution in [2.45, 2.75) is 53.2 Å². The summed E-state index contributed by atoms with van der Waals surface area (Å²) in [6.45, 7) is 9.94. The van der Waals surface area contributed by atoms with Gasteiger partial charge in [-0.15, -0.1) is 0 Å². The molecule has 0 bridgehead atoms. The molecule has 4 aromatic rings. The molecule has 0 aliphatic carbocycles. The first-order chi connectivity index (χ1) is 19.0. The molecule has 208 valence electrons. The van der Waals surface area contributed by atoms with Crippen LogP contribution in [0.3, 0.4) is 0 Å². The number of hydrogen-bond donors (Lipinski definition) is 0. The highest BCUT2D eigenvalue weighted by Gasteiger charge is 2.28. The summed E-state index contributed by atoms with van der Waals surface area (Å²) in [4.78, 5) is 45.9. The Hall–Kier alpha value is -4.18. The number of halogens is 1. The number of fused-ring (bicyclic) bond motifs is 2. The molecule has 0 unspecified atom stereocenters. The number of carbonyl (C=O) groups excluding carboxylic acids is 2. The molecule has 2 aromatic heterocycles. The van der Waals surface area contributed by atoms with Crippen LogP contribution in [-0.2, 0) is 22.4 Å². The standard InChI is InChI=1S/C29H30ClN5O5/c1-6-39-27(37)24-23-25(35(32-24)22-9-7-8-20(30)15-22)26(36)34(17(2)31-23)21-11-10-18-12-13-33(16-19(18)14-21)28(38)40-29(3,4)5/h7-11,14-15H,6,12-13,16H2,1-5H3. The number of aromatic nitrogens is 4. The van der Waals surface area contributed by atoms with Crippen LogP contribution in [0.15, 0.2) is 47.3 Å². The van der Waals surface area contributed by atoms with Crippen molar-refractivity contribution in [3.63, 3.8) is 0 Å². The minimum Gasteiger partial charge on any atom is -0.461 e. The first-order valence-electron chi connectivity index (χ1n) is 13.0. The molecule has 0 radical (unpaired) electrons. The van der Waals surface area contributed by atoms with E-state index in [0.29, 0.717) is 41.7 Å². The fraction of sp³-hybridized carbons (Fsp3) is 0.345. The van der Waals surface area contributed by atoms with Crippen LogP contribution >= 0.6 is 11.6 Å². The average molecular weight is 564 g/mol. The molecule has 1 amide bonds. The lowest BCUT2D eigenvalue weighted by molar-refractivity contribution is 0.0223. The number of esters is 1. The molecular weight excluding hydrogens is 534 g/mol. The Morgan fingerprint density at radius 3 is 2.55 bits per heavy atom. The van der Waals surface area contributed by atoms with Gasteiger partial charge >= 0.3 is 12.1 Å². The summed E-state index contributed by atoms with van der Waals surface area (Å²) in [5, 5.41) is 4.88. The van der Waals surface area contributed by atoms with Crippen molar-refractivity contribution < 1.29 is 19.1 Å². The van der Waals surface area contributed by atoms with Crippen LogP contribution in [0.2, 0.25) is 5.02 Å². The molecule has 1 aliphatic rings. The average Bonchev–Trinajstić information content (AvgIpc) is 3.27. The van der Waals surface area contributed by atoms with Gasteiger partial charge in [-0.1, -0.05) is 23.7 Å². The summed E-state index contributed by atoms with van der Waals surface area (Å²) in [6.07, 6.45) is 0.293. The van der Waals surface area contributed by atoms with Crippen molar-refractivity contribution in [1.29, 1.82) is 0 Å². The van der Waals surface area contributed by atoms with Crippen molar-refractivity contribution in [2.75, 3.05) is 13.2 Å². The van der Waals surface area contributed by atoms with Gasteiger partial charge in [0.1, 0.15) is 16.9 Å². The lowest BCUT2D eigenvalue weighted by Gasteiger charge is -2.31. The Morgan fingerprint density at radius 2 is 1.85 bits per heavy atom. The number of carbonyl (C=O) groups is 2. The first kappa shape index (κ1) is 27.4. The van der Waals surface area contributed by atoms with E-state index in [1.54, 1.807) is 43.0 Å². The lowest BCUT2D eigenvalue weighted by atomic mass is 9.99. The van der Waals surface area contributed by atoms with E-state index in [4.69, 9.17) is 21.1 Å². The monoisotopic (exact) mass is 563 g/mol. The fourth-order valence-corrected chi connectivity index (χ4v) is 4.96. The molecule has 1 aliphatic heterocycles. The number of nitrogens with zero attached hydrogens (tertiary/aromatic N) is 5. The van der Waals surface area contributed by atoms with Crippen LogP contribution < -0.4 is 5.56 Å². The van der Waals surface area contributed by atoms with Crippen LogP contribution in [0.5, 0.6) is 0 Å². The Labute approximate surface area is 236 Å². The van der Waals surface area contributed by atoms with Gasteiger partial charge < -0.3 is 14.4 Å². The molecule has 0 saturated heterocycles. The molecule has 0 N–H and O–H groups in total. The van der Waals surface area contributed by atoms with Gasteiger partial charge in [-0.2, -0.15) is 5.10 Å². The molecule has 0 saturated carbocycles. The number of hydrogen-bond acceptors (Lipinski definition) is 7. The molecule has 3 heterocycles. The van der Waals surface area contributed by atoms with Gasteiger partial charge in [0.15, 0.2) is 11.2 Å². The van der Waals surface area contributed by atoms with Crippen LogP contribution in [0.4, 0.5) is 4.79 Å². The highest BCUT2D eigenvalue weighted by Crippen LogP contribution is 2.26. The lowest BCUT2D eigenvalue weighted by Crippen LogP contribution is -2.40. The van der Waals surface area contributed by atoms with Crippen LogP contribution in [0.1, 0.15) is 55.1 Å². The number of ether oxygens (including phenoxy) is 2. The molecule has 0 spiro atoms. The highest BCUT2D eigenvalue weighted by atomic mass is 35.5. The minimum atomic E-state index is -0.673. The second-order valence-corrected chi connectivity index (χ2v) is 11.0. The molecule has 5 rings (SSSR count). The predicted octanol–water partition coefficient (Wildman–Crippen LogP) is 5.00. The van der Waals surface area contributed by atoms with E-state index in [1.165, 1.54) is 9.25 Å². The largest absolute Gasteiger partial charge is 0.461 e. The highest BCUT2D eigenvalue weighted by molar-refractivity contribution is 6.30. The normalized spacial score (nSPS) is 13.3. The van der Waals surface area contributed by atoms with Gasteiger partial charge in [0.2, 0.25) is 0 Å². The third kappa shape index (κ3) is 5.19. The molecule has 0 atom stereocenters. The zero-order valence-corrected chi connectivity index (χ0v) is 23.8. The molecule has 10 nitrogen and oxygen atoms in total. The summed E-state index contributed by atoms with van der Waals surface area (Å²) >= 11 is 6.23. The van der Waals surface area contributed by atoms with E-state index < -0.39 is 17.1 Å². The van der Waals surface area contributed by atoms with Crippen LogP contribution in [-0.4, -0.2) is 55.0 Å². The summed E-state index contributed by atoms with van der Waals surface area (Å²) < 4.78 is 13.6. The van der Waals surface area contributed by atoms with E-state index >= 15 is 0 Å². The molecule has 0 fully saturated rings. The van der Waals surface area contributed by atoms with Crippen molar-refractivity contribution in [3.8, 4) is 11.4 Å². The maximum Gasteiger partial charge on any atom is 0.410 e. The number of aryl methyl sites for hydroxylation is 1. The third-order valence-corrected chi connectivity index (χ3v) is 6.73. The molecule has 40 heavy (non-hydrogen) atoms.